The molecule has 0 heterocycles. The van der Waals surface area contributed by atoms with Crippen LogP contribution in [-0.4, -0.2) is 12.4 Å². The zero-order valence-electron chi connectivity index (χ0n) is 10.4. The number of carbonyl (C=O) groups is 1. The average Bonchev–Trinajstić information content (AvgIpc) is 2.43. The Morgan fingerprint density at radius 3 is 2.55 bits per heavy atom. The number of rotatable bonds is 5. The van der Waals surface area contributed by atoms with Crippen molar-refractivity contribution in [3.8, 4) is 5.75 Å². The second-order valence-electron chi connectivity index (χ2n) is 4.17. The van der Waals surface area contributed by atoms with Crippen molar-refractivity contribution in [2.45, 2.75) is 6.42 Å². The van der Waals surface area contributed by atoms with Crippen molar-refractivity contribution in [1.82, 2.24) is 0 Å². The third kappa shape index (κ3) is 3.78. The fourth-order valence-corrected chi connectivity index (χ4v) is 1.81. The van der Waals surface area contributed by atoms with E-state index >= 15 is 0 Å². The first-order valence-electron chi connectivity index (χ1n) is 5.89. The lowest BCUT2D eigenvalue weighted by molar-refractivity contribution is -0.120. The first-order chi connectivity index (χ1) is 9.56. The molecule has 5 heteroatoms. The number of halogens is 3. The summed E-state index contributed by atoms with van der Waals surface area (Å²) >= 11 is 5.59. The number of ketones is 1. The number of ether oxygens (including phenoxy) is 1. The quantitative estimate of drug-likeness (QED) is 0.838. The Morgan fingerprint density at radius 2 is 1.85 bits per heavy atom. The Hall–Kier alpha value is -1.94. The Bertz CT molecular complexity index is 629. The van der Waals surface area contributed by atoms with Crippen LogP contribution in [0, 0.1) is 11.6 Å². The molecular formula is C15H11ClF2O2. The monoisotopic (exact) mass is 296 g/mol. The van der Waals surface area contributed by atoms with Crippen molar-refractivity contribution in [2.24, 2.45) is 0 Å². The van der Waals surface area contributed by atoms with Crippen LogP contribution in [0.25, 0.3) is 0 Å². The minimum atomic E-state index is -0.559. The molecule has 0 radical (unpaired) electrons. The van der Waals surface area contributed by atoms with Crippen LogP contribution in [0.4, 0.5) is 8.78 Å². The van der Waals surface area contributed by atoms with Gasteiger partial charge >= 0.3 is 0 Å². The van der Waals surface area contributed by atoms with Gasteiger partial charge in [-0.2, -0.15) is 0 Å². The molecule has 0 bridgehead atoms. The van der Waals surface area contributed by atoms with E-state index in [9.17, 15) is 13.6 Å². The van der Waals surface area contributed by atoms with Crippen molar-refractivity contribution >= 4 is 17.4 Å². The third-order valence-electron chi connectivity index (χ3n) is 2.64. The van der Waals surface area contributed by atoms with Crippen molar-refractivity contribution in [2.75, 3.05) is 6.61 Å². The smallest absolute Gasteiger partial charge is 0.174 e. The fourth-order valence-electron chi connectivity index (χ4n) is 1.64. The van der Waals surface area contributed by atoms with Gasteiger partial charge < -0.3 is 4.74 Å². The van der Waals surface area contributed by atoms with E-state index in [4.69, 9.17) is 16.3 Å². The van der Waals surface area contributed by atoms with Crippen LogP contribution >= 0.6 is 11.6 Å². The maximum Gasteiger partial charge on any atom is 0.174 e. The van der Waals surface area contributed by atoms with Crippen LogP contribution < -0.4 is 4.74 Å². The molecular weight excluding hydrogens is 286 g/mol. The molecule has 0 aliphatic heterocycles. The molecule has 2 aromatic carbocycles. The summed E-state index contributed by atoms with van der Waals surface area (Å²) in [6.45, 7) is -0.226. The zero-order valence-corrected chi connectivity index (χ0v) is 11.2. The third-order valence-corrected chi connectivity index (χ3v) is 2.93. The minimum Gasteiger partial charge on any atom is -0.486 e. The van der Waals surface area contributed by atoms with Gasteiger partial charge in [-0.1, -0.05) is 29.8 Å². The predicted molar refractivity (Wildman–Crippen MR) is 72.0 cm³/mol. The molecule has 0 unspecified atom stereocenters. The molecule has 2 nitrogen and oxygen atoms in total. The first-order valence-corrected chi connectivity index (χ1v) is 6.27. The topological polar surface area (TPSA) is 26.3 Å². The van der Waals surface area contributed by atoms with Crippen LogP contribution in [0.2, 0.25) is 5.02 Å². The van der Waals surface area contributed by atoms with Gasteiger partial charge in [0.25, 0.3) is 0 Å². The Balaban J connectivity index is 1.92. The molecule has 0 aromatic heterocycles. The standard InChI is InChI=1S/C15H11ClF2O2/c16-13-8-12(5-6-15(13)18)20-9-11(19)7-10-3-1-2-4-14(10)17/h1-6,8H,7,9H2. The SMILES string of the molecule is O=C(COc1ccc(F)c(Cl)c1)Cc1ccccc1F. The van der Waals surface area contributed by atoms with Crippen LogP contribution in [0.3, 0.4) is 0 Å². The van der Waals surface area contributed by atoms with Crippen LogP contribution in [0.15, 0.2) is 42.5 Å². The summed E-state index contributed by atoms with van der Waals surface area (Å²) in [6, 6.07) is 9.86. The molecule has 0 aliphatic rings. The fraction of sp³-hybridized carbons (Fsp3) is 0.133. The summed E-state index contributed by atoms with van der Waals surface area (Å²) in [6.07, 6.45) is -0.0540. The highest BCUT2D eigenvalue weighted by molar-refractivity contribution is 6.30. The van der Waals surface area contributed by atoms with E-state index in [1.165, 1.54) is 18.2 Å². The molecule has 0 aliphatic carbocycles. The summed E-state index contributed by atoms with van der Waals surface area (Å²) in [4.78, 5) is 11.7. The highest BCUT2D eigenvalue weighted by Crippen LogP contribution is 2.21. The highest BCUT2D eigenvalue weighted by atomic mass is 35.5. The lowest BCUT2D eigenvalue weighted by Gasteiger charge is -2.06. The van der Waals surface area contributed by atoms with Crippen molar-refractivity contribution in [1.29, 1.82) is 0 Å². The second-order valence-corrected chi connectivity index (χ2v) is 4.58. The Labute approximate surface area is 119 Å². The first kappa shape index (κ1) is 14.5. The van der Waals surface area contributed by atoms with Gasteiger partial charge in [-0.3, -0.25) is 4.79 Å². The van der Waals surface area contributed by atoms with Gasteiger partial charge in [0.2, 0.25) is 0 Å². The Morgan fingerprint density at radius 1 is 1.10 bits per heavy atom. The molecule has 0 saturated heterocycles. The lowest BCUT2D eigenvalue weighted by atomic mass is 10.1. The van der Waals surface area contributed by atoms with Crippen molar-refractivity contribution in [3.05, 3.63) is 64.7 Å². The van der Waals surface area contributed by atoms with E-state index in [-0.39, 0.29) is 23.8 Å². The van der Waals surface area contributed by atoms with Crippen LogP contribution in [0.5, 0.6) is 5.75 Å². The molecule has 0 atom stereocenters. The van der Waals surface area contributed by atoms with Crippen LogP contribution in [0.1, 0.15) is 5.56 Å². The van der Waals surface area contributed by atoms with E-state index in [1.54, 1.807) is 18.2 Å². The molecule has 20 heavy (non-hydrogen) atoms. The van der Waals surface area contributed by atoms with Crippen molar-refractivity contribution < 1.29 is 18.3 Å². The molecule has 0 saturated carbocycles. The second kappa shape index (κ2) is 6.48. The lowest BCUT2D eigenvalue weighted by Crippen LogP contribution is -2.14. The maximum absolute atomic E-state index is 13.4. The summed E-state index contributed by atoms with van der Waals surface area (Å²) < 4.78 is 31.5. The number of carbonyl (C=O) groups excluding carboxylic acids is 1. The van der Waals surface area contributed by atoms with Gasteiger partial charge in [-0.25, -0.2) is 8.78 Å². The number of benzene rings is 2. The van der Waals surface area contributed by atoms with E-state index in [0.717, 1.165) is 6.07 Å². The van der Waals surface area contributed by atoms with Gasteiger partial charge in [-0.05, 0) is 23.8 Å². The maximum atomic E-state index is 13.4. The summed E-state index contributed by atoms with van der Waals surface area (Å²) in [5.74, 6) is -0.976. The van der Waals surface area contributed by atoms with E-state index in [0.29, 0.717) is 11.3 Å². The van der Waals surface area contributed by atoms with Crippen molar-refractivity contribution in [3.63, 3.8) is 0 Å². The zero-order chi connectivity index (χ0) is 14.5. The van der Waals surface area contributed by atoms with E-state index in [2.05, 4.69) is 0 Å². The summed E-state index contributed by atoms with van der Waals surface area (Å²) in [5, 5.41) is -0.0796. The van der Waals surface area contributed by atoms with E-state index < -0.39 is 11.6 Å². The molecule has 0 spiro atoms. The minimum absolute atomic E-state index is 0.0540. The van der Waals surface area contributed by atoms with Crippen LogP contribution in [-0.2, 0) is 11.2 Å². The highest BCUT2D eigenvalue weighted by Gasteiger charge is 2.09. The average molecular weight is 297 g/mol. The Kier molecular flexibility index (Phi) is 4.69. The van der Waals surface area contributed by atoms with E-state index in [1.807, 2.05) is 0 Å². The van der Waals surface area contributed by atoms with Gasteiger partial charge in [0.15, 0.2) is 5.78 Å². The molecule has 0 amide bonds. The van der Waals surface area contributed by atoms with Gasteiger partial charge in [0.05, 0.1) is 5.02 Å². The molecule has 0 N–H and O–H groups in total. The number of Topliss-reactive ketones (excluding diaryl/α,β-unsaturated/α-hetero) is 1. The van der Waals surface area contributed by atoms with Gasteiger partial charge in [-0.15, -0.1) is 0 Å². The van der Waals surface area contributed by atoms with Gasteiger partial charge in [0, 0.05) is 12.5 Å². The largest absolute Gasteiger partial charge is 0.486 e. The number of hydrogen-bond donors (Lipinski definition) is 0. The molecule has 104 valence electrons. The normalized spacial score (nSPS) is 10.3. The summed E-state index contributed by atoms with van der Waals surface area (Å²) in [5.41, 5.74) is 0.318. The molecule has 2 rings (SSSR count). The van der Waals surface area contributed by atoms with Gasteiger partial charge in [0.1, 0.15) is 24.0 Å². The molecule has 2 aromatic rings. The molecule has 0 fully saturated rings. The number of hydrogen-bond acceptors (Lipinski definition) is 2. The summed E-state index contributed by atoms with van der Waals surface area (Å²) in [7, 11) is 0. The predicted octanol–water partition coefficient (Wildman–Crippen LogP) is 3.81.